The summed E-state index contributed by atoms with van der Waals surface area (Å²) in [5.74, 6) is 1.98. The molecule has 0 unspecified atom stereocenters. The molecule has 0 saturated carbocycles. The number of fused-ring (bicyclic) bond motifs is 1. The van der Waals surface area contributed by atoms with Crippen molar-refractivity contribution >= 4 is 28.8 Å². The quantitative estimate of drug-likeness (QED) is 0.263. The zero-order valence-corrected chi connectivity index (χ0v) is 23.0. The van der Waals surface area contributed by atoms with Gasteiger partial charge in [0.15, 0.2) is 5.65 Å². The first-order valence-electron chi connectivity index (χ1n) is 12.5. The fourth-order valence-corrected chi connectivity index (χ4v) is 5.11. The first kappa shape index (κ1) is 24.8. The van der Waals surface area contributed by atoms with Crippen molar-refractivity contribution in [1.29, 1.82) is 0 Å². The molecule has 0 saturated heterocycles. The van der Waals surface area contributed by atoms with Crippen molar-refractivity contribution < 1.29 is 0 Å². The molecule has 0 atom stereocenters. The molecule has 37 heavy (non-hydrogen) atoms. The minimum absolute atomic E-state index is 0.772. The molecule has 4 heterocycles. The van der Waals surface area contributed by atoms with Gasteiger partial charge in [-0.25, -0.2) is 9.97 Å². The molecule has 8 nitrogen and oxygen atoms in total. The monoisotopic (exact) mass is 512 g/mol. The minimum Gasteiger partial charge on any atom is -0.363 e. The third-order valence-corrected chi connectivity index (χ3v) is 7.00. The molecular formula is C28H32N8S. The first-order chi connectivity index (χ1) is 17.9. The molecule has 1 aromatic carbocycles. The molecule has 0 spiro atoms. The number of benzene rings is 1. The van der Waals surface area contributed by atoms with E-state index in [1.54, 1.807) is 0 Å². The smallest absolute Gasteiger partial charge is 0.165 e. The second-order valence-corrected chi connectivity index (χ2v) is 10.2. The van der Waals surface area contributed by atoms with Gasteiger partial charge in [-0.1, -0.05) is 35.7 Å². The van der Waals surface area contributed by atoms with Crippen molar-refractivity contribution in [3.63, 3.8) is 0 Å². The summed E-state index contributed by atoms with van der Waals surface area (Å²) in [7, 11) is 4.01. The summed E-state index contributed by atoms with van der Waals surface area (Å²) >= 11 is 1.37. The summed E-state index contributed by atoms with van der Waals surface area (Å²) in [6.07, 6.45) is 2.97. The molecule has 4 aromatic heterocycles. The Morgan fingerprint density at radius 3 is 2.46 bits per heavy atom. The highest BCUT2D eigenvalue weighted by atomic mass is 32.1. The maximum atomic E-state index is 4.98. The standard InChI is InChI=1S/C28H32N8S/c1-7-12-35(16-21-8-10-22(11-9-21)24-17-37-33-31-24)26-14-19(3)30-28-27(20(4)32-36(26)28)23-15-29-25(34(5)6)13-18(23)2/h8-11,13-15,17H,7,12,16H2,1-6H3. The molecule has 0 fully saturated rings. The van der Waals surface area contributed by atoms with Gasteiger partial charge in [-0.3, -0.25) is 0 Å². The molecule has 0 aliphatic carbocycles. The van der Waals surface area contributed by atoms with Crippen LogP contribution in [0.3, 0.4) is 0 Å². The topological polar surface area (TPSA) is 75.3 Å². The normalized spacial score (nSPS) is 11.3. The van der Waals surface area contributed by atoms with Crippen molar-refractivity contribution in [3.8, 4) is 22.4 Å². The molecule has 0 N–H and O–H groups in total. The van der Waals surface area contributed by atoms with Crippen LogP contribution in [-0.4, -0.2) is 49.8 Å². The Balaban J connectivity index is 1.55. The van der Waals surface area contributed by atoms with Crippen molar-refractivity contribution in [2.24, 2.45) is 0 Å². The summed E-state index contributed by atoms with van der Waals surface area (Å²) in [4.78, 5) is 14.0. The summed E-state index contributed by atoms with van der Waals surface area (Å²) in [5.41, 5.74) is 9.26. The van der Waals surface area contributed by atoms with Gasteiger partial charge in [-0.2, -0.15) is 9.61 Å². The number of nitrogens with zero attached hydrogens (tertiary/aromatic N) is 8. The van der Waals surface area contributed by atoms with Crippen LogP contribution in [0.4, 0.5) is 11.6 Å². The molecule has 5 rings (SSSR count). The fraction of sp³-hybridized carbons (Fsp3) is 0.321. The summed E-state index contributed by atoms with van der Waals surface area (Å²) in [6, 6.07) is 12.8. The number of aryl methyl sites for hydroxylation is 3. The van der Waals surface area contributed by atoms with E-state index in [9.17, 15) is 0 Å². The van der Waals surface area contributed by atoms with Crippen molar-refractivity contribution in [1.82, 2.24) is 29.2 Å². The average molecular weight is 513 g/mol. The zero-order valence-electron chi connectivity index (χ0n) is 22.2. The number of aromatic nitrogens is 6. The highest BCUT2D eigenvalue weighted by Gasteiger charge is 2.21. The van der Waals surface area contributed by atoms with Crippen molar-refractivity contribution in [2.75, 3.05) is 30.4 Å². The third kappa shape index (κ3) is 4.91. The van der Waals surface area contributed by atoms with Gasteiger partial charge in [0, 0.05) is 61.6 Å². The largest absolute Gasteiger partial charge is 0.363 e. The zero-order chi connectivity index (χ0) is 26.1. The van der Waals surface area contributed by atoms with E-state index in [0.29, 0.717) is 0 Å². The number of pyridine rings is 1. The SMILES string of the molecule is CCCN(Cc1ccc(-c2csnn2)cc1)c1cc(C)nc2c(-c3cnc(N(C)C)cc3C)c(C)nn12. The molecular weight excluding hydrogens is 480 g/mol. The highest BCUT2D eigenvalue weighted by molar-refractivity contribution is 7.03. The van der Waals surface area contributed by atoms with E-state index in [4.69, 9.17) is 10.1 Å². The number of hydrogen-bond acceptors (Lipinski definition) is 8. The minimum atomic E-state index is 0.772. The van der Waals surface area contributed by atoms with Gasteiger partial charge in [-0.15, -0.1) is 5.10 Å². The predicted octanol–water partition coefficient (Wildman–Crippen LogP) is 5.72. The van der Waals surface area contributed by atoms with E-state index in [-0.39, 0.29) is 0 Å². The van der Waals surface area contributed by atoms with Gasteiger partial charge in [0.2, 0.25) is 0 Å². The number of anilines is 2. The molecule has 0 bridgehead atoms. The molecule has 190 valence electrons. The fourth-order valence-electron chi connectivity index (χ4n) is 4.65. The lowest BCUT2D eigenvalue weighted by Crippen LogP contribution is -2.26. The van der Waals surface area contributed by atoms with E-state index in [2.05, 4.69) is 83.6 Å². The van der Waals surface area contributed by atoms with Crippen LogP contribution in [0, 0.1) is 20.8 Å². The molecule has 0 aliphatic rings. The van der Waals surface area contributed by atoms with Crippen LogP contribution in [0.15, 0.2) is 48.0 Å². The lowest BCUT2D eigenvalue weighted by atomic mass is 10.0. The number of rotatable bonds is 8. The maximum absolute atomic E-state index is 4.98. The van der Waals surface area contributed by atoms with Crippen molar-refractivity contribution in [3.05, 3.63) is 70.5 Å². The predicted molar refractivity (Wildman–Crippen MR) is 151 cm³/mol. The maximum Gasteiger partial charge on any atom is 0.165 e. The van der Waals surface area contributed by atoms with Gasteiger partial charge in [-0.05, 0) is 55.9 Å². The lowest BCUT2D eigenvalue weighted by molar-refractivity contribution is 0.728. The Morgan fingerprint density at radius 2 is 1.81 bits per heavy atom. The molecule has 0 aliphatic heterocycles. The van der Waals surface area contributed by atoms with Crippen LogP contribution in [0.5, 0.6) is 0 Å². The van der Waals surface area contributed by atoms with Crippen LogP contribution in [0.1, 0.15) is 35.9 Å². The number of hydrogen-bond donors (Lipinski definition) is 0. The Hall–Kier alpha value is -3.85. The lowest BCUT2D eigenvalue weighted by Gasteiger charge is -2.25. The van der Waals surface area contributed by atoms with Gasteiger partial charge in [0.05, 0.1) is 11.3 Å². The van der Waals surface area contributed by atoms with Crippen LogP contribution in [0.2, 0.25) is 0 Å². The average Bonchev–Trinajstić information content (AvgIpc) is 3.52. The second kappa shape index (κ2) is 10.3. The second-order valence-electron chi connectivity index (χ2n) is 9.61. The van der Waals surface area contributed by atoms with Crippen LogP contribution < -0.4 is 9.80 Å². The van der Waals surface area contributed by atoms with Crippen LogP contribution in [-0.2, 0) is 6.54 Å². The molecule has 0 amide bonds. The Morgan fingerprint density at radius 1 is 1.03 bits per heavy atom. The summed E-state index contributed by atoms with van der Waals surface area (Å²) < 4.78 is 5.98. The summed E-state index contributed by atoms with van der Waals surface area (Å²) in [6.45, 7) is 10.1. The Labute approximate surface area is 221 Å². The molecule has 5 aromatic rings. The van der Waals surface area contributed by atoms with Gasteiger partial charge in [0.25, 0.3) is 0 Å². The van der Waals surface area contributed by atoms with E-state index < -0.39 is 0 Å². The van der Waals surface area contributed by atoms with E-state index >= 15 is 0 Å². The van der Waals surface area contributed by atoms with Crippen molar-refractivity contribution in [2.45, 2.75) is 40.7 Å². The Bertz CT molecular complexity index is 1520. The Kier molecular flexibility index (Phi) is 6.88. The molecule has 0 radical (unpaired) electrons. The van der Waals surface area contributed by atoms with E-state index in [0.717, 1.165) is 76.1 Å². The summed E-state index contributed by atoms with van der Waals surface area (Å²) in [5, 5.41) is 11.1. The van der Waals surface area contributed by atoms with Crippen LogP contribution in [0.25, 0.3) is 28.0 Å². The van der Waals surface area contributed by atoms with Gasteiger partial charge >= 0.3 is 0 Å². The highest BCUT2D eigenvalue weighted by Crippen LogP contribution is 2.33. The van der Waals surface area contributed by atoms with Gasteiger partial charge < -0.3 is 9.80 Å². The van der Waals surface area contributed by atoms with E-state index in [1.807, 2.05) is 35.1 Å². The third-order valence-electron chi connectivity index (χ3n) is 6.50. The van der Waals surface area contributed by atoms with Gasteiger partial charge in [0.1, 0.15) is 17.3 Å². The first-order valence-corrected chi connectivity index (χ1v) is 13.3. The van der Waals surface area contributed by atoms with E-state index in [1.165, 1.54) is 17.1 Å². The van der Waals surface area contributed by atoms with Crippen LogP contribution >= 0.6 is 11.5 Å². The molecule has 9 heteroatoms.